The molecule has 4 nitrogen and oxygen atoms in total. The van der Waals surface area contributed by atoms with E-state index in [1.54, 1.807) is 25.2 Å². The molecule has 0 saturated heterocycles. The highest BCUT2D eigenvalue weighted by Gasteiger charge is 2.47. The van der Waals surface area contributed by atoms with Crippen LogP contribution in [0.3, 0.4) is 0 Å². The fourth-order valence-electron chi connectivity index (χ4n) is 3.42. The van der Waals surface area contributed by atoms with Gasteiger partial charge < -0.3 is 15.3 Å². The molecule has 0 aromatic heterocycles. The second-order valence-corrected chi connectivity index (χ2v) is 5.78. The quantitative estimate of drug-likeness (QED) is 0.846. The molecule has 0 aliphatic heterocycles. The van der Waals surface area contributed by atoms with Gasteiger partial charge in [-0.1, -0.05) is 18.6 Å². The number of hydrogen-bond acceptors (Lipinski definition) is 3. The van der Waals surface area contributed by atoms with Crippen LogP contribution in [0, 0.1) is 11.7 Å². The molecular formula is C16H23FN2O2. The van der Waals surface area contributed by atoms with Gasteiger partial charge in [0.05, 0.1) is 5.69 Å². The van der Waals surface area contributed by atoms with E-state index in [1.807, 2.05) is 11.9 Å². The predicted octanol–water partition coefficient (Wildman–Crippen LogP) is 2.49. The van der Waals surface area contributed by atoms with Crippen molar-refractivity contribution in [3.05, 3.63) is 30.1 Å². The van der Waals surface area contributed by atoms with E-state index in [2.05, 4.69) is 5.32 Å². The highest BCUT2D eigenvalue weighted by Crippen LogP contribution is 2.38. The first-order valence-electron chi connectivity index (χ1n) is 7.39. The number of hydrogen-bond donors (Lipinski definition) is 2. The minimum atomic E-state index is -0.823. The summed E-state index contributed by atoms with van der Waals surface area (Å²) in [5.74, 6) is -0.945. The molecule has 0 bridgehead atoms. The molecule has 21 heavy (non-hydrogen) atoms. The van der Waals surface area contributed by atoms with Gasteiger partial charge in [0, 0.05) is 13.6 Å². The van der Waals surface area contributed by atoms with Crippen LogP contribution in [0.4, 0.5) is 10.1 Å². The van der Waals surface area contributed by atoms with Crippen LogP contribution in [0.25, 0.3) is 0 Å². The van der Waals surface area contributed by atoms with Crippen LogP contribution in [-0.4, -0.2) is 37.3 Å². The molecule has 1 saturated carbocycles. The zero-order valence-electron chi connectivity index (χ0n) is 12.6. The Bertz CT molecular complexity index is 509. The number of likely N-dealkylation sites (N-methyl/N-ethyl adjacent to an activating group) is 1. The van der Waals surface area contributed by atoms with Gasteiger partial charge in [0.1, 0.15) is 11.4 Å². The number of carboxylic acids is 1. The van der Waals surface area contributed by atoms with Crippen LogP contribution in [0.2, 0.25) is 0 Å². The fourth-order valence-corrected chi connectivity index (χ4v) is 3.42. The van der Waals surface area contributed by atoms with E-state index in [4.69, 9.17) is 0 Å². The maximum absolute atomic E-state index is 13.7. The lowest BCUT2D eigenvalue weighted by atomic mass is 9.84. The van der Waals surface area contributed by atoms with Crippen molar-refractivity contribution in [2.75, 3.05) is 25.5 Å². The summed E-state index contributed by atoms with van der Waals surface area (Å²) in [4.78, 5) is 13.5. The Morgan fingerprint density at radius 2 is 2.24 bits per heavy atom. The number of nitrogens with one attached hydrogen (secondary N) is 1. The van der Waals surface area contributed by atoms with Gasteiger partial charge in [-0.2, -0.15) is 0 Å². The van der Waals surface area contributed by atoms with Crippen molar-refractivity contribution in [2.24, 2.45) is 5.92 Å². The second kappa shape index (κ2) is 6.43. The summed E-state index contributed by atoms with van der Waals surface area (Å²) in [6.45, 7) is 0.641. The molecule has 0 spiro atoms. The average molecular weight is 294 g/mol. The third kappa shape index (κ3) is 3.02. The number of para-hydroxylation sites is 1. The SMILES string of the molecule is CNC1(C(=O)O)CCCC1CCN(C)c1ccccc1F. The van der Waals surface area contributed by atoms with Crippen LogP contribution >= 0.6 is 0 Å². The van der Waals surface area contributed by atoms with E-state index in [1.165, 1.54) is 6.07 Å². The molecule has 0 amide bonds. The average Bonchev–Trinajstić information content (AvgIpc) is 2.89. The Balaban J connectivity index is 2.02. The van der Waals surface area contributed by atoms with Crippen molar-refractivity contribution < 1.29 is 14.3 Å². The zero-order valence-corrected chi connectivity index (χ0v) is 12.6. The van der Waals surface area contributed by atoms with E-state index < -0.39 is 11.5 Å². The van der Waals surface area contributed by atoms with Crippen LogP contribution in [0.1, 0.15) is 25.7 Å². The van der Waals surface area contributed by atoms with Crippen molar-refractivity contribution in [2.45, 2.75) is 31.2 Å². The fraction of sp³-hybridized carbons (Fsp3) is 0.562. The minimum Gasteiger partial charge on any atom is -0.480 e. The van der Waals surface area contributed by atoms with Crippen LogP contribution in [0.15, 0.2) is 24.3 Å². The molecule has 1 aromatic carbocycles. The van der Waals surface area contributed by atoms with E-state index in [0.29, 0.717) is 18.7 Å². The first-order valence-corrected chi connectivity index (χ1v) is 7.39. The molecule has 1 aromatic rings. The molecule has 0 heterocycles. The number of carbonyl (C=O) groups is 1. The Morgan fingerprint density at radius 3 is 2.86 bits per heavy atom. The summed E-state index contributed by atoms with van der Waals surface area (Å²) in [6.07, 6.45) is 3.21. The van der Waals surface area contributed by atoms with Gasteiger partial charge in [0.25, 0.3) is 0 Å². The lowest BCUT2D eigenvalue weighted by Crippen LogP contribution is -2.53. The number of aliphatic carboxylic acids is 1. The summed E-state index contributed by atoms with van der Waals surface area (Å²) in [6, 6.07) is 6.66. The molecule has 116 valence electrons. The van der Waals surface area contributed by atoms with Crippen molar-refractivity contribution in [3.63, 3.8) is 0 Å². The van der Waals surface area contributed by atoms with Gasteiger partial charge in [-0.15, -0.1) is 0 Å². The topological polar surface area (TPSA) is 52.6 Å². The number of benzene rings is 1. The molecule has 1 fully saturated rings. The lowest BCUT2D eigenvalue weighted by molar-refractivity contribution is -0.146. The van der Waals surface area contributed by atoms with E-state index in [9.17, 15) is 14.3 Å². The molecule has 0 radical (unpaired) electrons. The normalized spacial score (nSPS) is 25.0. The molecule has 1 aliphatic rings. The Labute approximate surface area is 125 Å². The highest BCUT2D eigenvalue weighted by atomic mass is 19.1. The van der Waals surface area contributed by atoms with Gasteiger partial charge in [-0.25, -0.2) is 4.39 Å². The van der Waals surface area contributed by atoms with E-state index in [0.717, 1.165) is 19.3 Å². The Morgan fingerprint density at radius 1 is 1.52 bits per heavy atom. The van der Waals surface area contributed by atoms with Crippen molar-refractivity contribution in [3.8, 4) is 0 Å². The number of carboxylic acid groups (broad SMARTS) is 1. The van der Waals surface area contributed by atoms with Crippen LogP contribution in [-0.2, 0) is 4.79 Å². The molecule has 1 aliphatic carbocycles. The summed E-state index contributed by atoms with van der Waals surface area (Å²) in [7, 11) is 3.56. The van der Waals surface area contributed by atoms with Crippen LogP contribution in [0.5, 0.6) is 0 Å². The highest BCUT2D eigenvalue weighted by molar-refractivity contribution is 5.79. The molecule has 2 N–H and O–H groups in total. The summed E-state index contributed by atoms with van der Waals surface area (Å²) in [5, 5.41) is 12.5. The Kier molecular flexibility index (Phi) is 4.83. The first-order chi connectivity index (χ1) is 10.0. The summed E-state index contributed by atoms with van der Waals surface area (Å²) in [5.41, 5.74) is -0.267. The Hall–Kier alpha value is -1.62. The molecule has 2 atom stereocenters. The first kappa shape index (κ1) is 15.8. The molecule has 2 unspecified atom stereocenters. The lowest BCUT2D eigenvalue weighted by Gasteiger charge is -2.32. The minimum absolute atomic E-state index is 0.0780. The molecule has 5 heteroatoms. The number of halogens is 1. The van der Waals surface area contributed by atoms with E-state index in [-0.39, 0.29) is 11.7 Å². The second-order valence-electron chi connectivity index (χ2n) is 5.78. The summed E-state index contributed by atoms with van der Waals surface area (Å²) < 4.78 is 13.7. The summed E-state index contributed by atoms with van der Waals surface area (Å²) >= 11 is 0. The maximum Gasteiger partial charge on any atom is 0.324 e. The van der Waals surface area contributed by atoms with Gasteiger partial charge in [0.2, 0.25) is 0 Å². The zero-order chi connectivity index (χ0) is 15.5. The van der Waals surface area contributed by atoms with Gasteiger partial charge in [-0.05, 0) is 44.4 Å². The van der Waals surface area contributed by atoms with Crippen molar-refractivity contribution >= 4 is 11.7 Å². The number of anilines is 1. The van der Waals surface area contributed by atoms with Gasteiger partial charge in [-0.3, -0.25) is 4.79 Å². The predicted molar refractivity (Wildman–Crippen MR) is 81.1 cm³/mol. The van der Waals surface area contributed by atoms with Gasteiger partial charge in [0.15, 0.2) is 0 Å². The molecular weight excluding hydrogens is 271 g/mol. The third-order valence-electron chi connectivity index (χ3n) is 4.73. The molecule has 2 rings (SSSR count). The standard InChI is InChI=1S/C16H23FN2O2/c1-18-16(15(20)21)10-5-6-12(16)9-11-19(2)14-8-4-3-7-13(14)17/h3-4,7-8,12,18H,5-6,9-11H2,1-2H3,(H,20,21). The monoisotopic (exact) mass is 294 g/mol. The maximum atomic E-state index is 13.7. The van der Waals surface area contributed by atoms with E-state index >= 15 is 0 Å². The van der Waals surface area contributed by atoms with Crippen molar-refractivity contribution in [1.29, 1.82) is 0 Å². The smallest absolute Gasteiger partial charge is 0.324 e. The third-order valence-corrected chi connectivity index (χ3v) is 4.73. The number of nitrogens with zero attached hydrogens (tertiary/aromatic N) is 1. The number of rotatable bonds is 6. The largest absolute Gasteiger partial charge is 0.480 e. The van der Waals surface area contributed by atoms with Crippen molar-refractivity contribution in [1.82, 2.24) is 5.32 Å². The van der Waals surface area contributed by atoms with Gasteiger partial charge >= 0.3 is 5.97 Å². The van der Waals surface area contributed by atoms with Crippen LogP contribution < -0.4 is 10.2 Å².